The molecule has 30 heavy (non-hydrogen) atoms. The minimum absolute atomic E-state index is 0.132. The van der Waals surface area contributed by atoms with Crippen molar-refractivity contribution in [1.82, 2.24) is 5.32 Å². The number of benzene rings is 1. The van der Waals surface area contributed by atoms with Crippen LogP contribution < -0.4 is 10.6 Å². The third kappa shape index (κ3) is 5.44. The standard InChI is InChI=1S/C22H25FN2O4S/c1-13-11-18(20(27)24-12-14-3-9-17(23)10-4-14)21(30-13)25-19(26)15-5-7-16(8-6-15)22(28)29-2/h3-4,9-11,15-16H,5-8,12H2,1-2H3,(H,24,27)(H,25,26). The summed E-state index contributed by atoms with van der Waals surface area (Å²) < 4.78 is 17.8. The van der Waals surface area contributed by atoms with E-state index in [2.05, 4.69) is 10.6 Å². The Bertz CT molecular complexity index is 918. The fourth-order valence-electron chi connectivity index (χ4n) is 3.63. The summed E-state index contributed by atoms with van der Waals surface area (Å²) in [6, 6.07) is 7.66. The summed E-state index contributed by atoms with van der Waals surface area (Å²) in [5.74, 6) is -1.31. The van der Waals surface area contributed by atoms with Crippen molar-refractivity contribution < 1.29 is 23.5 Å². The van der Waals surface area contributed by atoms with Crippen LogP contribution >= 0.6 is 11.3 Å². The van der Waals surface area contributed by atoms with Crippen molar-refractivity contribution in [2.75, 3.05) is 12.4 Å². The van der Waals surface area contributed by atoms with Gasteiger partial charge in [0.2, 0.25) is 5.91 Å². The number of carbonyl (C=O) groups is 3. The van der Waals surface area contributed by atoms with Gasteiger partial charge >= 0.3 is 5.97 Å². The molecule has 1 aliphatic rings. The molecule has 2 amide bonds. The largest absolute Gasteiger partial charge is 0.469 e. The highest BCUT2D eigenvalue weighted by Gasteiger charge is 2.31. The van der Waals surface area contributed by atoms with Crippen LogP contribution in [0.3, 0.4) is 0 Å². The average Bonchev–Trinajstić information content (AvgIpc) is 3.12. The number of thiophene rings is 1. The summed E-state index contributed by atoms with van der Waals surface area (Å²) in [6.45, 7) is 2.14. The lowest BCUT2D eigenvalue weighted by atomic mass is 9.81. The highest BCUT2D eigenvalue weighted by Crippen LogP contribution is 2.33. The summed E-state index contributed by atoms with van der Waals surface area (Å²) in [6.07, 6.45) is 2.47. The lowest BCUT2D eigenvalue weighted by Crippen LogP contribution is -2.30. The van der Waals surface area contributed by atoms with Crippen LogP contribution in [-0.2, 0) is 20.9 Å². The van der Waals surface area contributed by atoms with Crippen molar-refractivity contribution in [3.05, 3.63) is 52.2 Å². The minimum Gasteiger partial charge on any atom is -0.469 e. The quantitative estimate of drug-likeness (QED) is 0.675. The zero-order valence-corrected chi connectivity index (χ0v) is 17.8. The van der Waals surface area contributed by atoms with Crippen molar-refractivity contribution >= 4 is 34.1 Å². The lowest BCUT2D eigenvalue weighted by molar-refractivity contribution is -0.147. The number of hydrogen-bond acceptors (Lipinski definition) is 5. The van der Waals surface area contributed by atoms with Crippen molar-refractivity contribution in [3.63, 3.8) is 0 Å². The Morgan fingerprint density at radius 2 is 1.73 bits per heavy atom. The summed E-state index contributed by atoms with van der Waals surface area (Å²) in [7, 11) is 1.38. The van der Waals surface area contributed by atoms with E-state index in [0.717, 1.165) is 10.4 Å². The molecule has 1 aromatic heterocycles. The molecule has 6 nitrogen and oxygen atoms in total. The molecule has 0 radical (unpaired) electrons. The zero-order valence-electron chi connectivity index (χ0n) is 17.0. The third-order valence-electron chi connectivity index (χ3n) is 5.34. The first-order valence-electron chi connectivity index (χ1n) is 9.89. The van der Waals surface area contributed by atoms with Gasteiger partial charge in [-0.25, -0.2) is 4.39 Å². The number of halogens is 1. The van der Waals surface area contributed by atoms with Crippen LogP contribution in [-0.4, -0.2) is 24.9 Å². The van der Waals surface area contributed by atoms with Gasteiger partial charge in [0.05, 0.1) is 18.6 Å². The fourth-order valence-corrected chi connectivity index (χ4v) is 4.54. The molecule has 1 fully saturated rings. The van der Waals surface area contributed by atoms with Gasteiger partial charge in [0.15, 0.2) is 0 Å². The van der Waals surface area contributed by atoms with Crippen molar-refractivity contribution in [2.24, 2.45) is 11.8 Å². The number of esters is 1. The van der Waals surface area contributed by atoms with Crippen molar-refractivity contribution in [1.29, 1.82) is 0 Å². The van der Waals surface area contributed by atoms with Crippen LogP contribution in [0.15, 0.2) is 30.3 Å². The van der Waals surface area contributed by atoms with E-state index in [1.807, 2.05) is 6.92 Å². The van der Waals surface area contributed by atoms with E-state index in [9.17, 15) is 18.8 Å². The second kappa shape index (κ2) is 9.84. The monoisotopic (exact) mass is 432 g/mol. The molecule has 1 aromatic carbocycles. The molecule has 0 unspecified atom stereocenters. The van der Waals surface area contributed by atoms with Gasteiger partial charge in [-0.1, -0.05) is 12.1 Å². The second-order valence-corrected chi connectivity index (χ2v) is 8.73. The number of amides is 2. The van der Waals surface area contributed by atoms with Crippen LogP contribution in [0.1, 0.15) is 46.5 Å². The molecule has 1 saturated carbocycles. The van der Waals surface area contributed by atoms with Gasteiger partial charge in [0.1, 0.15) is 10.8 Å². The predicted molar refractivity (Wildman–Crippen MR) is 113 cm³/mol. The number of nitrogens with one attached hydrogen (secondary N) is 2. The molecule has 3 rings (SSSR count). The molecule has 0 saturated heterocycles. The molecule has 8 heteroatoms. The Kier molecular flexibility index (Phi) is 7.20. The third-order valence-corrected chi connectivity index (χ3v) is 6.30. The minimum atomic E-state index is -0.329. The highest BCUT2D eigenvalue weighted by molar-refractivity contribution is 7.16. The molecule has 1 heterocycles. The molecule has 2 aromatic rings. The Balaban J connectivity index is 1.59. The Labute approximate surface area is 178 Å². The predicted octanol–water partition coefficient (Wildman–Crippen LogP) is 4.04. The second-order valence-electron chi connectivity index (χ2n) is 7.47. The van der Waals surface area contributed by atoms with Gasteiger partial charge in [0, 0.05) is 17.3 Å². The number of hydrogen-bond donors (Lipinski definition) is 2. The van der Waals surface area contributed by atoms with E-state index >= 15 is 0 Å². The smallest absolute Gasteiger partial charge is 0.308 e. The summed E-state index contributed by atoms with van der Waals surface area (Å²) in [5, 5.41) is 6.22. The Morgan fingerprint density at radius 3 is 2.37 bits per heavy atom. The first kappa shape index (κ1) is 22.0. The van der Waals surface area contributed by atoms with Crippen LogP contribution in [0.25, 0.3) is 0 Å². The highest BCUT2D eigenvalue weighted by atomic mass is 32.1. The molecule has 0 bridgehead atoms. The van der Waals surface area contributed by atoms with Crippen LogP contribution in [0.4, 0.5) is 9.39 Å². The van der Waals surface area contributed by atoms with Gasteiger partial charge in [-0.2, -0.15) is 0 Å². The average molecular weight is 433 g/mol. The van der Waals surface area contributed by atoms with Gasteiger partial charge in [-0.3, -0.25) is 14.4 Å². The number of carbonyl (C=O) groups excluding carboxylic acids is 3. The summed E-state index contributed by atoms with van der Waals surface area (Å²) >= 11 is 1.35. The van der Waals surface area contributed by atoms with E-state index in [0.29, 0.717) is 36.2 Å². The first-order valence-corrected chi connectivity index (χ1v) is 10.7. The molecular weight excluding hydrogens is 407 g/mol. The fraction of sp³-hybridized carbons (Fsp3) is 0.409. The van der Waals surface area contributed by atoms with Gasteiger partial charge in [-0.05, 0) is 56.4 Å². The Morgan fingerprint density at radius 1 is 1.10 bits per heavy atom. The van der Waals surface area contributed by atoms with E-state index in [4.69, 9.17) is 4.74 Å². The number of aryl methyl sites for hydroxylation is 1. The van der Waals surface area contributed by atoms with E-state index in [1.54, 1.807) is 18.2 Å². The maximum absolute atomic E-state index is 13.0. The summed E-state index contributed by atoms with van der Waals surface area (Å²) in [5.41, 5.74) is 1.20. The van der Waals surface area contributed by atoms with Gasteiger partial charge in [0.25, 0.3) is 5.91 Å². The zero-order chi connectivity index (χ0) is 21.7. The van der Waals surface area contributed by atoms with Crippen LogP contribution in [0.5, 0.6) is 0 Å². The van der Waals surface area contributed by atoms with Gasteiger partial charge < -0.3 is 15.4 Å². The van der Waals surface area contributed by atoms with Gasteiger partial charge in [-0.15, -0.1) is 11.3 Å². The topological polar surface area (TPSA) is 84.5 Å². The maximum atomic E-state index is 13.0. The maximum Gasteiger partial charge on any atom is 0.308 e. The van der Waals surface area contributed by atoms with Crippen molar-refractivity contribution in [2.45, 2.75) is 39.2 Å². The normalized spacial score (nSPS) is 18.5. The van der Waals surface area contributed by atoms with E-state index < -0.39 is 0 Å². The van der Waals surface area contributed by atoms with E-state index in [-0.39, 0.29) is 42.0 Å². The van der Waals surface area contributed by atoms with E-state index in [1.165, 1.54) is 30.6 Å². The first-order chi connectivity index (χ1) is 14.4. The number of rotatable bonds is 6. The number of anilines is 1. The van der Waals surface area contributed by atoms with Crippen LogP contribution in [0, 0.1) is 24.6 Å². The summed E-state index contributed by atoms with van der Waals surface area (Å²) in [4.78, 5) is 37.9. The molecule has 2 N–H and O–H groups in total. The molecular formula is C22H25FN2O4S. The van der Waals surface area contributed by atoms with Crippen molar-refractivity contribution in [3.8, 4) is 0 Å². The molecule has 0 spiro atoms. The number of methoxy groups -OCH3 is 1. The number of ether oxygens (including phenoxy) is 1. The molecule has 1 aliphatic carbocycles. The SMILES string of the molecule is COC(=O)C1CCC(C(=O)Nc2sc(C)cc2C(=O)NCc2ccc(F)cc2)CC1. The Hall–Kier alpha value is -2.74. The molecule has 0 atom stereocenters. The van der Waals surface area contributed by atoms with Crippen LogP contribution in [0.2, 0.25) is 0 Å². The molecule has 0 aliphatic heterocycles. The lowest BCUT2D eigenvalue weighted by Gasteiger charge is -2.26. The molecule has 160 valence electrons.